The monoisotopic (exact) mass is 382 g/mol. The quantitative estimate of drug-likeness (QED) is 0.689. The maximum absolute atomic E-state index is 12.3. The molecule has 28 heavy (non-hydrogen) atoms. The summed E-state index contributed by atoms with van der Waals surface area (Å²) in [5.74, 6) is -0.124. The van der Waals surface area contributed by atoms with Crippen molar-refractivity contribution in [3.63, 3.8) is 0 Å². The lowest BCUT2D eigenvalue weighted by molar-refractivity contribution is -0.128. The molecule has 148 valence electrons. The summed E-state index contributed by atoms with van der Waals surface area (Å²) in [6, 6.07) is 5.96. The van der Waals surface area contributed by atoms with Gasteiger partial charge in [-0.3, -0.25) is 15.0 Å². The summed E-state index contributed by atoms with van der Waals surface area (Å²) in [5.41, 5.74) is 4.30. The average molecular weight is 382 g/mol. The summed E-state index contributed by atoms with van der Waals surface area (Å²) >= 11 is 0. The predicted octanol–water partition coefficient (Wildman–Crippen LogP) is 1.57. The number of amides is 2. The van der Waals surface area contributed by atoms with Crippen LogP contribution in [0, 0.1) is 5.41 Å². The average Bonchev–Trinajstić information content (AvgIpc) is 3.09. The van der Waals surface area contributed by atoms with Gasteiger partial charge in [0.05, 0.1) is 11.3 Å². The fourth-order valence-corrected chi connectivity index (χ4v) is 4.16. The molecule has 0 unspecified atom stereocenters. The molecule has 1 aromatic carbocycles. The molecule has 0 atom stereocenters. The fraction of sp³-hybridized carbons (Fsp3) is 0.476. The van der Waals surface area contributed by atoms with E-state index in [2.05, 4.69) is 10.6 Å². The van der Waals surface area contributed by atoms with Crippen LogP contribution >= 0.6 is 0 Å². The third-order valence-electron chi connectivity index (χ3n) is 5.78. The molecule has 7 nitrogen and oxygen atoms in total. The molecule has 0 aromatic heterocycles. The van der Waals surface area contributed by atoms with Crippen LogP contribution in [-0.2, 0) is 16.1 Å². The molecule has 0 saturated carbocycles. The maximum atomic E-state index is 12.3. The Hall–Kier alpha value is -2.67. The van der Waals surface area contributed by atoms with Crippen molar-refractivity contribution in [2.45, 2.75) is 38.8 Å². The predicted molar refractivity (Wildman–Crippen MR) is 105 cm³/mol. The normalized spacial score (nSPS) is 20.0. The number of benzene rings is 1. The maximum Gasteiger partial charge on any atom is 0.252 e. The lowest BCUT2D eigenvalue weighted by Crippen LogP contribution is -2.43. The first-order valence-corrected chi connectivity index (χ1v) is 9.86. The number of nitrogens with zero attached hydrogens (tertiary/aromatic N) is 1. The molecule has 4 rings (SSSR count). The van der Waals surface area contributed by atoms with Crippen LogP contribution in [0.4, 0.5) is 0 Å². The highest BCUT2D eigenvalue weighted by Crippen LogP contribution is 2.26. The van der Waals surface area contributed by atoms with E-state index in [1.165, 1.54) is 0 Å². The van der Waals surface area contributed by atoms with Crippen LogP contribution < -0.4 is 10.6 Å². The molecule has 7 heteroatoms. The van der Waals surface area contributed by atoms with Gasteiger partial charge in [0, 0.05) is 69.1 Å². The van der Waals surface area contributed by atoms with Crippen LogP contribution in [0.5, 0.6) is 0 Å². The van der Waals surface area contributed by atoms with Gasteiger partial charge in [0.1, 0.15) is 0 Å². The Morgan fingerprint density at radius 3 is 2.86 bits per heavy atom. The fourth-order valence-electron chi connectivity index (χ4n) is 4.16. The van der Waals surface area contributed by atoms with Crippen LogP contribution in [0.3, 0.4) is 0 Å². The number of hydrogen-bond acceptors (Lipinski definition) is 5. The Labute approximate surface area is 164 Å². The van der Waals surface area contributed by atoms with Gasteiger partial charge in [-0.25, -0.2) is 0 Å². The Balaban J connectivity index is 1.69. The topological polar surface area (TPSA) is 94.5 Å². The van der Waals surface area contributed by atoms with Gasteiger partial charge in [0.15, 0.2) is 0 Å². The molecule has 3 N–H and O–H groups in total. The highest BCUT2D eigenvalue weighted by Gasteiger charge is 2.30. The third-order valence-corrected chi connectivity index (χ3v) is 5.78. The van der Waals surface area contributed by atoms with E-state index < -0.39 is 0 Å². The molecular formula is C21H26N4O3. The number of rotatable bonds is 4. The second-order valence-electron chi connectivity index (χ2n) is 7.58. The minimum atomic E-state index is -0.130. The van der Waals surface area contributed by atoms with Gasteiger partial charge in [-0.05, 0) is 18.4 Å². The van der Waals surface area contributed by atoms with Gasteiger partial charge in [0.2, 0.25) is 5.91 Å². The van der Waals surface area contributed by atoms with Crippen molar-refractivity contribution in [2.24, 2.45) is 0 Å². The zero-order valence-corrected chi connectivity index (χ0v) is 16.1. The highest BCUT2D eigenvalue weighted by molar-refractivity contribution is 6.18. The second-order valence-corrected chi connectivity index (χ2v) is 7.58. The molecular weight excluding hydrogens is 356 g/mol. The van der Waals surface area contributed by atoms with Crippen molar-refractivity contribution >= 4 is 17.5 Å². The SMILES string of the molecule is CC(=O)N1CCC(NC2CCOCC2)=C(C(=N)c2cccc3c2C(=O)NC3)C1. The van der Waals surface area contributed by atoms with E-state index in [0.29, 0.717) is 48.9 Å². The van der Waals surface area contributed by atoms with Gasteiger partial charge < -0.3 is 20.3 Å². The van der Waals surface area contributed by atoms with E-state index in [1.54, 1.807) is 11.8 Å². The minimum absolute atomic E-state index is 0.00597. The Kier molecular flexibility index (Phi) is 5.17. The second kappa shape index (κ2) is 7.75. The van der Waals surface area contributed by atoms with Crippen molar-refractivity contribution in [1.29, 1.82) is 5.41 Å². The molecule has 2 amide bonds. The molecule has 0 radical (unpaired) electrons. The Morgan fingerprint density at radius 1 is 1.32 bits per heavy atom. The Morgan fingerprint density at radius 2 is 2.11 bits per heavy atom. The number of ether oxygens (including phenoxy) is 1. The van der Waals surface area contributed by atoms with E-state index >= 15 is 0 Å². The van der Waals surface area contributed by atoms with Crippen LogP contribution in [0.1, 0.15) is 47.7 Å². The minimum Gasteiger partial charge on any atom is -0.385 e. The molecule has 0 aliphatic carbocycles. The van der Waals surface area contributed by atoms with Crippen LogP contribution in [0.25, 0.3) is 0 Å². The molecule has 1 saturated heterocycles. The molecule has 3 aliphatic heterocycles. The highest BCUT2D eigenvalue weighted by atomic mass is 16.5. The molecule has 0 bridgehead atoms. The third kappa shape index (κ3) is 3.54. The van der Waals surface area contributed by atoms with Crippen molar-refractivity contribution in [3.05, 3.63) is 46.2 Å². The number of nitrogens with one attached hydrogen (secondary N) is 3. The summed E-state index contributed by atoms with van der Waals surface area (Å²) in [6.45, 7) is 4.58. The first kappa shape index (κ1) is 18.7. The number of fused-ring (bicyclic) bond motifs is 1. The zero-order chi connectivity index (χ0) is 19.7. The molecule has 0 spiro atoms. The van der Waals surface area contributed by atoms with E-state index in [4.69, 9.17) is 10.1 Å². The lowest BCUT2D eigenvalue weighted by atomic mass is 9.91. The van der Waals surface area contributed by atoms with Gasteiger partial charge in [-0.1, -0.05) is 18.2 Å². The lowest BCUT2D eigenvalue weighted by Gasteiger charge is -2.34. The van der Waals surface area contributed by atoms with Crippen molar-refractivity contribution in [2.75, 3.05) is 26.3 Å². The first-order chi connectivity index (χ1) is 13.5. The standard InChI is InChI=1S/C21H26N4O3/c1-13(26)25-8-5-18(24-15-6-9-28-10-7-15)17(12-25)20(22)16-4-2-3-14-11-23-21(27)19(14)16/h2-4,15,22,24H,5-12H2,1H3,(H,23,27). The zero-order valence-electron chi connectivity index (χ0n) is 16.1. The van der Waals surface area contributed by atoms with Gasteiger partial charge in [-0.15, -0.1) is 0 Å². The number of carbonyl (C=O) groups is 2. The van der Waals surface area contributed by atoms with Crippen molar-refractivity contribution < 1.29 is 14.3 Å². The summed E-state index contributed by atoms with van der Waals surface area (Å²) in [7, 11) is 0. The van der Waals surface area contributed by atoms with Gasteiger partial charge in [0.25, 0.3) is 5.91 Å². The van der Waals surface area contributed by atoms with Crippen LogP contribution in [0.15, 0.2) is 29.5 Å². The van der Waals surface area contributed by atoms with Gasteiger partial charge in [-0.2, -0.15) is 0 Å². The summed E-state index contributed by atoms with van der Waals surface area (Å²) in [4.78, 5) is 26.1. The number of hydrogen-bond donors (Lipinski definition) is 3. The number of carbonyl (C=O) groups excluding carboxylic acids is 2. The molecule has 1 aromatic rings. The largest absolute Gasteiger partial charge is 0.385 e. The van der Waals surface area contributed by atoms with Crippen molar-refractivity contribution in [3.8, 4) is 0 Å². The Bertz CT molecular complexity index is 855. The van der Waals surface area contributed by atoms with E-state index in [0.717, 1.165) is 42.9 Å². The van der Waals surface area contributed by atoms with E-state index in [1.807, 2.05) is 18.2 Å². The first-order valence-electron chi connectivity index (χ1n) is 9.86. The molecule has 1 fully saturated rings. The van der Waals surface area contributed by atoms with Crippen molar-refractivity contribution in [1.82, 2.24) is 15.5 Å². The smallest absolute Gasteiger partial charge is 0.252 e. The molecule has 3 heterocycles. The van der Waals surface area contributed by atoms with Gasteiger partial charge >= 0.3 is 0 Å². The molecule has 3 aliphatic rings. The van der Waals surface area contributed by atoms with Crippen LogP contribution in [0.2, 0.25) is 0 Å². The van der Waals surface area contributed by atoms with E-state index in [-0.39, 0.29) is 11.8 Å². The summed E-state index contributed by atoms with van der Waals surface area (Å²) in [5, 5.41) is 15.4. The van der Waals surface area contributed by atoms with Crippen LogP contribution in [-0.4, -0.2) is 54.8 Å². The summed E-state index contributed by atoms with van der Waals surface area (Å²) in [6.07, 6.45) is 2.56. The van der Waals surface area contributed by atoms with E-state index in [9.17, 15) is 9.59 Å². The summed E-state index contributed by atoms with van der Waals surface area (Å²) < 4.78 is 5.45.